The van der Waals surface area contributed by atoms with Crippen molar-refractivity contribution in [2.75, 3.05) is 0 Å². The highest BCUT2D eigenvalue weighted by Gasteiger charge is 2.17. The summed E-state index contributed by atoms with van der Waals surface area (Å²) in [7, 11) is 0. The first-order chi connectivity index (χ1) is 9.92. The first-order valence-corrected chi connectivity index (χ1v) is 6.94. The zero-order chi connectivity index (χ0) is 13.1. The van der Waals surface area contributed by atoms with Crippen LogP contribution in [-0.2, 0) is 0 Å². The van der Waals surface area contributed by atoms with Gasteiger partial charge in [0.1, 0.15) is 5.76 Å². The van der Waals surface area contributed by atoms with E-state index < -0.39 is 0 Å². The average molecular weight is 256 g/mol. The molecule has 2 aromatic carbocycles. The molecule has 2 aliphatic carbocycles. The first-order valence-electron chi connectivity index (χ1n) is 6.94. The van der Waals surface area contributed by atoms with Gasteiger partial charge in [0, 0.05) is 11.1 Å². The van der Waals surface area contributed by atoms with E-state index in [9.17, 15) is 0 Å². The van der Waals surface area contributed by atoms with Gasteiger partial charge in [0.05, 0.1) is 6.26 Å². The zero-order valence-electron chi connectivity index (χ0n) is 10.9. The van der Waals surface area contributed by atoms with Crippen molar-refractivity contribution in [1.82, 2.24) is 0 Å². The second kappa shape index (κ2) is 3.51. The standard InChI is InChI=1S/C19H12O/c1-2-4-14-12(3-1)5-6-16-15(14)7-8-17-18(16)11-13-9-10-20-19(13)17/h1,3-11H,2H2. The molecule has 0 radical (unpaired) electrons. The molecule has 3 aromatic rings. The van der Waals surface area contributed by atoms with Gasteiger partial charge in [0.2, 0.25) is 0 Å². The molecule has 0 amide bonds. The van der Waals surface area contributed by atoms with Crippen LogP contribution in [-0.4, -0.2) is 0 Å². The molecule has 1 heterocycles. The molecular weight excluding hydrogens is 244 g/mol. The van der Waals surface area contributed by atoms with Crippen LogP contribution >= 0.6 is 0 Å². The lowest BCUT2D eigenvalue weighted by atomic mass is 9.97. The monoisotopic (exact) mass is 256 g/mol. The molecule has 0 saturated heterocycles. The second-order valence-corrected chi connectivity index (χ2v) is 5.38. The molecule has 0 atom stereocenters. The van der Waals surface area contributed by atoms with E-state index in [0.717, 1.165) is 12.2 Å². The number of allylic oxidation sites excluding steroid dienone is 1. The largest absolute Gasteiger partial charge is 0.464 e. The molecule has 0 spiro atoms. The zero-order valence-corrected chi connectivity index (χ0v) is 10.9. The number of hydrogen-bond donors (Lipinski definition) is 0. The van der Waals surface area contributed by atoms with Crippen LogP contribution < -0.4 is 10.4 Å². The van der Waals surface area contributed by atoms with E-state index in [1.54, 1.807) is 6.26 Å². The van der Waals surface area contributed by atoms with Crippen LogP contribution in [0.15, 0.2) is 47.1 Å². The van der Waals surface area contributed by atoms with E-state index in [-0.39, 0.29) is 0 Å². The molecule has 0 bridgehead atoms. The minimum atomic E-state index is 1.00. The van der Waals surface area contributed by atoms with E-state index in [1.165, 1.54) is 37.9 Å². The Morgan fingerprint density at radius 2 is 1.75 bits per heavy atom. The lowest BCUT2D eigenvalue weighted by Gasteiger charge is -2.08. The van der Waals surface area contributed by atoms with Gasteiger partial charge in [-0.25, -0.2) is 0 Å². The Balaban J connectivity index is 1.98. The number of rotatable bonds is 0. The molecule has 0 unspecified atom stereocenters. The number of benzene rings is 2. The van der Waals surface area contributed by atoms with E-state index >= 15 is 0 Å². The maximum absolute atomic E-state index is 5.61. The van der Waals surface area contributed by atoms with Gasteiger partial charge < -0.3 is 4.42 Å². The van der Waals surface area contributed by atoms with E-state index in [4.69, 9.17) is 4.42 Å². The van der Waals surface area contributed by atoms with Crippen LogP contribution in [0.1, 0.15) is 17.5 Å². The molecule has 20 heavy (non-hydrogen) atoms. The Morgan fingerprint density at radius 1 is 0.850 bits per heavy atom. The minimum Gasteiger partial charge on any atom is -0.464 e. The quantitative estimate of drug-likeness (QED) is 0.470. The van der Waals surface area contributed by atoms with Crippen molar-refractivity contribution >= 4 is 29.0 Å². The maximum atomic E-state index is 5.61. The van der Waals surface area contributed by atoms with Crippen molar-refractivity contribution < 1.29 is 4.42 Å². The highest BCUT2D eigenvalue weighted by atomic mass is 16.3. The fraction of sp³-hybridized carbons (Fsp3) is 0.0526. The van der Waals surface area contributed by atoms with Crippen molar-refractivity contribution in [3.8, 4) is 11.3 Å². The third kappa shape index (κ3) is 1.17. The number of furan rings is 1. The van der Waals surface area contributed by atoms with Crippen molar-refractivity contribution in [2.24, 2.45) is 0 Å². The van der Waals surface area contributed by atoms with Crippen LogP contribution in [0, 0.1) is 0 Å². The summed E-state index contributed by atoms with van der Waals surface area (Å²) < 4.78 is 5.61. The van der Waals surface area contributed by atoms with Gasteiger partial charge in [-0.15, -0.1) is 0 Å². The Bertz CT molecular complexity index is 1020. The van der Waals surface area contributed by atoms with Gasteiger partial charge in [-0.05, 0) is 51.4 Å². The fourth-order valence-corrected chi connectivity index (χ4v) is 3.38. The van der Waals surface area contributed by atoms with Gasteiger partial charge in [-0.3, -0.25) is 0 Å². The van der Waals surface area contributed by atoms with Crippen LogP contribution in [0.2, 0.25) is 0 Å². The molecule has 94 valence electrons. The Labute approximate surface area is 116 Å². The minimum absolute atomic E-state index is 1.00. The summed E-state index contributed by atoms with van der Waals surface area (Å²) in [5.74, 6) is 1.00. The Hall–Kier alpha value is -2.54. The van der Waals surface area contributed by atoms with E-state index in [0.29, 0.717) is 0 Å². The summed E-state index contributed by atoms with van der Waals surface area (Å²) in [6.45, 7) is 0. The van der Waals surface area contributed by atoms with Crippen LogP contribution in [0.5, 0.6) is 0 Å². The van der Waals surface area contributed by atoms with Crippen molar-refractivity contribution in [3.63, 3.8) is 0 Å². The highest BCUT2D eigenvalue weighted by Crippen LogP contribution is 2.29. The summed E-state index contributed by atoms with van der Waals surface area (Å²) in [4.78, 5) is 0. The molecule has 1 aromatic heterocycles. The van der Waals surface area contributed by atoms with Gasteiger partial charge in [0.25, 0.3) is 0 Å². The normalized spacial score (nSPS) is 14.4. The van der Waals surface area contributed by atoms with E-state index in [2.05, 4.69) is 48.6 Å². The van der Waals surface area contributed by atoms with Gasteiger partial charge in [0.15, 0.2) is 0 Å². The topological polar surface area (TPSA) is 13.1 Å². The van der Waals surface area contributed by atoms with Gasteiger partial charge >= 0.3 is 0 Å². The molecule has 0 saturated carbocycles. The molecule has 2 aliphatic rings. The predicted molar refractivity (Wildman–Crippen MR) is 82.6 cm³/mol. The van der Waals surface area contributed by atoms with Gasteiger partial charge in [-0.1, -0.05) is 36.4 Å². The summed E-state index contributed by atoms with van der Waals surface area (Å²) in [5, 5.41) is 5.32. The first kappa shape index (κ1) is 10.3. The molecule has 0 N–H and O–H groups in total. The van der Waals surface area contributed by atoms with Crippen LogP contribution in [0.3, 0.4) is 0 Å². The van der Waals surface area contributed by atoms with Crippen molar-refractivity contribution in [1.29, 1.82) is 0 Å². The van der Waals surface area contributed by atoms with E-state index in [1.807, 2.05) is 6.07 Å². The molecule has 1 nitrogen and oxygen atoms in total. The number of hydrogen-bond acceptors (Lipinski definition) is 1. The smallest absolute Gasteiger partial charge is 0.141 e. The second-order valence-electron chi connectivity index (χ2n) is 5.38. The molecule has 5 rings (SSSR count). The van der Waals surface area contributed by atoms with Crippen LogP contribution in [0.25, 0.3) is 40.3 Å². The fourth-order valence-electron chi connectivity index (χ4n) is 3.38. The molecular formula is C19H12O. The van der Waals surface area contributed by atoms with Crippen molar-refractivity contribution in [2.45, 2.75) is 6.42 Å². The molecule has 0 aliphatic heterocycles. The summed E-state index contributed by atoms with van der Waals surface area (Å²) in [5.41, 5.74) is 3.72. The number of fused-ring (bicyclic) bond motifs is 7. The average Bonchev–Trinajstić information content (AvgIpc) is 3.07. The SMILES string of the molecule is C1=Cc2ccc3c4c(ccc3c2=CC1)-c1occc1C=4. The third-order valence-corrected chi connectivity index (χ3v) is 4.31. The molecule has 0 fully saturated rings. The summed E-state index contributed by atoms with van der Waals surface area (Å²) in [6, 6.07) is 10.9. The maximum Gasteiger partial charge on any atom is 0.141 e. The summed E-state index contributed by atoms with van der Waals surface area (Å²) in [6.07, 6.45) is 11.8. The van der Waals surface area contributed by atoms with Crippen molar-refractivity contribution in [3.05, 3.63) is 64.2 Å². The van der Waals surface area contributed by atoms with Crippen LogP contribution in [0.4, 0.5) is 0 Å². The summed E-state index contributed by atoms with van der Waals surface area (Å²) >= 11 is 0. The highest BCUT2D eigenvalue weighted by molar-refractivity contribution is 5.95. The Morgan fingerprint density at radius 3 is 2.75 bits per heavy atom. The lowest BCUT2D eigenvalue weighted by molar-refractivity contribution is 0.582. The Kier molecular flexibility index (Phi) is 1.80. The lowest BCUT2D eigenvalue weighted by Crippen LogP contribution is -2.13. The van der Waals surface area contributed by atoms with Gasteiger partial charge in [-0.2, -0.15) is 0 Å². The third-order valence-electron chi connectivity index (χ3n) is 4.31. The molecule has 1 heteroatoms. The predicted octanol–water partition coefficient (Wildman–Crippen LogP) is 3.44.